The van der Waals surface area contributed by atoms with Gasteiger partial charge in [-0.05, 0) is 35.0 Å². The summed E-state index contributed by atoms with van der Waals surface area (Å²) in [5, 5.41) is 3.51. The number of pyridine rings is 1. The van der Waals surface area contributed by atoms with Crippen molar-refractivity contribution in [2.75, 3.05) is 0 Å². The number of fused-ring (bicyclic) bond motifs is 3. The fraction of sp³-hybridized carbons (Fsp3) is 0.0645. The van der Waals surface area contributed by atoms with E-state index in [-0.39, 0.29) is 20.1 Å². The van der Waals surface area contributed by atoms with Crippen molar-refractivity contribution in [3.8, 4) is 22.5 Å². The Morgan fingerprint density at radius 3 is 2.20 bits per heavy atom. The molecule has 4 heteroatoms. The van der Waals surface area contributed by atoms with Crippen LogP contribution in [0.25, 0.3) is 44.2 Å². The second-order valence-corrected chi connectivity index (χ2v) is 8.22. The van der Waals surface area contributed by atoms with E-state index >= 15 is 0 Å². The van der Waals surface area contributed by atoms with Gasteiger partial charge in [0.2, 0.25) is 0 Å². The average Bonchev–Trinajstić information content (AvgIpc) is 2.90. The summed E-state index contributed by atoms with van der Waals surface area (Å²) in [6.45, 7) is 4.15. The number of hydrogen-bond acceptors (Lipinski definition) is 3. The van der Waals surface area contributed by atoms with Gasteiger partial charge in [-0.2, -0.15) is 0 Å². The molecule has 0 N–H and O–H groups in total. The van der Waals surface area contributed by atoms with Crippen molar-refractivity contribution < 1.29 is 20.1 Å². The number of rotatable bonds is 2. The Morgan fingerprint density at radius 1 is 0.657 bits per heavy atom. The Labute approximate surface area is 219 Å². The zero-order valence-corrected chi connectivity index (χ0v) is 21.9. The second-order valence-electron chi connectivity index (χ2n) is 8.22. The minimum absolute atomic E-state index is 0. The van der Waals surface area contributed by atoms with Gasteiger partial charge in [-0.1, -0.05) is 55.5 Å². The molecule has 0 amide bonds. The fourth-order valence-corrected chi connectivity index (χ4v) is 3.92. The maximum Gasteiger partial charge on any atom is 0.0748 e. The average molecular weight is 630 g/mol. The van der Waals surface area contributed by atoms with Crippen molar-refractivity contribution in [1.82, 2.24) is 15.0 Å². The molecule has 0 aliphatic carbocycles. The number of aromatic nitrogens is 3. The fourth-order valence-electron chi connectivity index (χ4n) is 3.92. The van der Waals surface area contributed by atoms with E-state index in [1.54, 1.807) is 12.4 Å². The van der Waals surface area contributed by atoms with Crippen molar-refractivity contribution in [2.24, 2.45) is 0 Å². The van der Waals surface area contributed by atoms with Gasteiger partial charge in [-0.3, -0.25) is 9.97 Å². The normalized spacial score (nSPS) is 10.3. The van der Waals surface area contributed by atoms with Crippen LogP contribution in [0.2, 0.25) is 0 Å². The molecule has 173 valence electrons. The predicted molar refractivity (Wildman–Crippen MR) is 139 cm³/mol. The molecule has 0 spiro atoms. The maximum atomic E-state index is 4.51. The van der Waals surface area contributed by atoms with E-state index in [9.17, 15) is 0 Å². The van der Waals surface area contributed by atoms with Gasteiger partial charge < -0.3 is 4.98 Å². The third-order valence-electron chi connectivity index (χ3n) is 5.56. The van der Waals surface area contributed by atoms with E-state index < -0.39 is 0 Å². The molecule has 35 heavy (non-hydrogen) atoms. The van der Waals surface area contributed by atoms with Crippen LogP contribution in [0, 0.1) is 26.0 Å². The van der Waals surface area contributed by atoms with E-state index in [2.05, 4.69) is 83.4 Å². The summed E-state index contributed by atoms with van der Waals surface area (Å²) < 4.78 is 0. The molecule has 2 aromatic heterocycles. The Hall–Kier alpha value is -3.72. The summed E-state index contributed by atoms with van der Waals surface area (Å²) >= 11 is 0. The molecular formula is C31H23IrN3-2. The summed E-state index contributed by atoms with van der Waals surface area (Å²) in [7, 11) is 0. The summed E-state index contributed by atoms with van der Waals surface area (Å²) in [5.41, 5.74) is 6.72. The van der Waals surface area contributed by atoms with Crippen LogP contribution in [0.3, 0.4) is 0 Å². The van der Waals surface area contributed by atoms with E-state index in [1.165, 1.54) is 27.5 Å². The first kappa shape index (κ1) is 24.4. The molecule has 0 fully saturated rings. The van der Waals surface area contributed by atoms with Crippen molar-refractivity contribution >= 4 is 21.7 Å². The van der Waals surface area contributed by atoms with Gasteiger partial charge in [0, 0.05) is 38.7 Å². The van der Waals surface area contributed by atoms with E-state index in [0.717, 1.165) is 22.0 Å². The monoisotopic (exact) mass is 630 g/mol. The van der Waals surface area contributed by atoms with Crippen LogP contribution in [0.5, 0.6) is 0 Å². The number of aryl methyl sites for hydroxylation is 2. The predicted octanol–water partition coefficient (Wildman–Crippen LogP) is 7.41. The van der Waals surface area contributed by atoms with Crippen LogP contribution in [-0.4, -0.2) is 15.0 Å². The van der Waals surface area contributed by atoms with Crippen LogP contribution in [0.15, 0.2) is 104 Å². The number of benzene rings is 4. The largest absolute Gasteiger partial charge is 0.304 e. The van der Waals surface area contributed by atoms with Gasteiger partial charge in [-0.15, -0.1) is 69.9 Å². The Morgan fingerprint density at radius 2 is 1.40 bits per heavy atom. The minimum atomic E-state index is 0. The topological polar surface area (TPSA) is 38.7 Å². The first-order valence-corrected chi connectivity index (χ1v) is 11.2. The first-order valence-electron chi connectivity index (χ1n) is 11.2. The molecule has 0 atom stereocenters. The van der Waals surface area contributed by atoms with Gasteiger partial charge >= 0.3 is 0 Å². The Kier molecular flexibility index (Phi) is 7.77. The van der Waals surface area contributed by atoms with Gasteiger partial charge in [0.05, 0.1) is 5.82 Å². The molecule has 6 aromatic rings. The van der Waals surface area contributed by atoms with E-state index in [4.69, 9.17) is 0 Å². The summed E-state index contributed by atoms with van der Waals surface area (Å²) in [6, 6.07) is 35.2. The maximum absolute atomic E-state index is 4.51. The third kappa shape index (κ3) is 5.68. The molecule has 0 unspecified atom stereocenters. The number of nitrogens with zero attached hydrogens (tertiary/aromatic N) is 3. The van der Waals surface area contributed by atoms with Crippen LogP contribution < -0.4 is 0 Å². The molecule has 0 saturated carbocycles. The smallest absolute Gasteiger partial charge is 0.0748 e. The van der Waals surface area contributed by atoms with Crippen molar-refractivity contribution in [2.45, 2.75) is 13.8 Å². The molecule has 1 radical (unpaired) electrons. The zero-order chi connectivity index (χ0) is 23.3. The third-order valence-corrected chi connectivity index (χ3v) is 5.56. The van der Waals surface area contributed by atoms with Gasteiger partial charge in [-0.25, -0.2) is 0 Å². The molecule has 0 bridgehead atoms. The van der Waals surface area contributed by atoms with Crippen LogP contribution in [-0.2, 0) is 20.1 Å². The molecule has 0 aliphatic rings. The summed E-state index contributed by atoms with van der Waals surface area (Å²) in [6.07, 6.45) is 5.40. The summed E-state index contributed by atoms with van der Waals surface area (Å²) in [4.78, 5) is 13.0. The molecule has 3 nitrogen and oxygen atoms in total. The van der Waals surface area contributed by atoms with Gasteiger partial charge in [0.15, 0.2) is 0 Å². The van der Waals surface area contributed by atoms with Crippen LogP contribution in [0.1, 0.15) is 11.1 Å². The van der Waals surface area contributed by atoms with Crippen molar-refractivity contribution in [3.63, 3.8) is 0 Å². The standard InChI is InChI=1S/C16H11N2.C15H12N.Ir/c1-2-6-13(7-3-1)14-8-4-9-15(12-14)16-17-10-5-11-18-16;1-10-3-6-14-12(7-10)4-5-13-8-11(2)9-16-15(13)14;/h1-8,10-12H;3-5,7-9H,1-2H3;/q2*-1;. The van der Waals surface area contributed by atoms with E-state index in [0.29, 0.717) is 5.82 Å². The van der Waals surface area contributed by atoms with E-state index in [1.807, 2.05) is 48.7 Å². The molecule has 2 heterocycles. The molecule has 4 aromatic carbocycles. The van der Waals surface area contributed by atoms with Gasteiger partial charge in [0.1, 0.15) is 0 Å². The molecule has 6 rings (SSSR count). The Balaban J connectivity index is 0.000000161. The SMILES string of the molecule is Cc1c[c-]c2c(ccc3cc(C)cnc32)c1.[Ir].[c-]1ccc(-c2ccccc2)cc1-c1ncccn1. The first-order chi connectivity index (χ1) is 16.7. The van der Waals surface area contributed by atoms with Crippen LogP contribution in [0.4, 0.5) is 0 Å². The van der Waals surface area contributed by atoms with Gasteiger partial charge in [0.25, 0.3) is 0 Å². The number of hydrogen-bond donors (Lipinski definition) is 0. The quantitative estimate of drug-likeness (QED) is 0.148. The van der Waals surface area contributed by atoms with Crippen LogP contribution >= 0.6 is 0 Å². The summed E-state index contributed by atoms with van der Waals surface area (Å²) in [5.74, 6) is 0.704. The zero-order valence-electron chi connectivity index (χ0n) is 19.5. The molecular weight excluding hydrogens is 607 g/mol. The van der Waals surface area contributed by atoms with Crippen molar-refractivity contribution in [3.05, 3.63) is 127 Å². The molecule has 0 aliphatic heterocycles. The minimum Gasteiger partial charge on any atom is -0.304 e. The molecule has 0 saturated heterocycles. The Bertz CT molecular complexity index is 1450. The second kappa shape index (κ2) is 11.1. The van der Waals surface area contributed by atoms with Crippen molar-refractivity contribution in [1.29, 1.82) is 0 Å².